The molecule has 0 radical (unpaired) electrons. The molecule has 0 aliphatic rings. The number of nitrogens with one attached hydrogen (secondary N) is 1. The van der Waals surface area contributed by atoms with Gasteiger partial charge in [0, 0.05) is 13.0 Å². The van der Waals surface area contributed by atoms with Gasteiger partial charge in [0.1, 0.15) is 18.1 Å². The van der Waals surface area contributed by atoms with E-state index in [4.69, 9.17) is 4.74 Å². The predicted molar refractivity (Wildman–Crippen MR) is 109 cm³/mol. The first kappa shape index (κ1) is 18.7. The maximum Gasteiger partial charge on any atom is 0.297 e. The third-order valence-electron chi connectivity index (χ3n) is 4.82. The van der Waals surface area contributed by atoms with Gasteiger partial charge in [0.2, 0.25) is 11.6 Å². The molecule has 0 unspecified atom stereocenters. The van der Waals surface area contributed by atoms with Gasteiger partial charge >= 0.3 is 0 Å². The molecule has 0 saturated carbocycles. The van der Waals surface area contributed by atoms with E-state index in [1.165, 1.54) is 4.57 Å². The van der Waals surface area contributed by atoms with E-state index in [0.717, 1.165) is 16.8 Å². The average Bonchev–Trinajstić information content (AvgIpc) is 3.20. The Labute approximate surface area is 166 Å². The standard InChI is InChI=1S/C21H21N5O3/c1-3-18-23-24-20-21(28)25(16-9-4-5-10-17(16)26(18)20)13-19(27)22-12-14-7-6-8-15(11-14)29-2/h4-11H,3,12-13H2,1-2H3,(H,22,27). The van der Waals surface area contributed by atoms with Crippen molar-refractivity contribution in [2.75, 3.05) is 7.11 Å². The summed E-state index contributed by atoms with van der Waals surface area (Å²) in [4.78, 5) is 25.6. The number of nitrogens with zero attached hydrogens (tertiary/aromatic N) is 4. The van der Waals surface area contributed by atoms with Gasteiger partial charge in [-0.2, -0.15) is 0 Å². The molecule has 8 heteroatoms. The monoisotopic (exact) mass is 391 g/mol. The summed E-state index contributed by atoms with van der Waals surface area (Å²) in [7, 11) is 1.60. The van der Waals surface area contributed by atoms with E-state index in [2.05, 4.69) is 15.5 Å². The molecular weight excluding hydrogens is 370 g/mol. The van der Waals surface area contributed by atoms with E-state index in [-0.39, 0.29) is 23.7 Å². The first-order valence-electron chi connectivity index (χ1n) is 9.37. The minimum absolute atomic E-state index is 0.103. The third kappa shape index (κ3) is 3.44. The van der Waals surface area contributed by atoms with Crippen LogP contribution >= 0.6 is 0 Å². The molecule has 2 aromatic carbocycles. The van der Waals surface area contributed by atoms with Gasteiger partial charge in [-0.25, -0.2) is 0 Å². The minimum Gasteiger partial charge on any atom is -0.497 e. The van der Waals surface area contributed by atoms with Gasteiger partial charge in [0.05, 0.1) is 18.1 Å². The predicted octanol–water partition coefficient (Wildman–Crippen LogP) is 1.93. The summed E-state index contributed by atoms with van der Waals surface area (Å²) >= 11 is 0. The van der Waals surface area contributed by atoms with Crippen molar-refractivity contribution in [2.45, 2.75) is 26.4 Å². The highest BCUT2D eigenvalue weighted by Crippen LogP contribution is 2.16. The summed E-state index contributed by atoms with van der Waals surface area (Å²) in [5.74, 6) is 1.17. The molecule has 0 saturated heterocycles. The number of carbonyl (C=O) groups is 1. The van der Waals surface area contributed by atoms with Crippen molar-refractivity contribution in [1.29, 1.82) is 0 Å². The molecule has 1 amide bonds. The zero-order valence-corrected chi connectivity index (χ0v) is 16.3. The summed E-state index contributed by atoms with van der Waals surface area (Å²) in [5, 5.41) is 11.0. The summed E-state index contributed by atoms with van der Waals surface area (Å²) in [6, 6.07) is 14.9. The molecule has 148 valence electrons. The van der Waals surface area contributed by atoms with Crippen molar-refractivity contribution in [2.24, 2.45) is 0 Å². The Morgan fingerprint density at radius 3 is 2.66 bits per heavy atom. The number of carbonyl (C=O) groups excluding carboxylic acids is 1. The second-order valence-corrected chi connectivity index (χ2v) is 6.64. The van der Waals surface area contributed by atoms with Crippen molar-refractivity contribution in [3.63, 3.8) is 0 Å². The Morgan fingerprint density at radius 1 is 1.10 bits per heavy atom. The lowest BCUT2D eigenvalue weighted by molar-refractivity contribution is -0.121. The second kappa shape index (κ2) is 7.75. The van der Waals surface area contributed by atoms with Crippen molar-refractivity contribution in [3.05, 3.63) is 70.3 Å². The number of amides is 1. The average molecular weight is 391 g/mol. The Bertz CT molecular complexity index is 1260. The van der Waals surface area contributed by atoms with Crippen molar-refractivity contribution in [1.82, 2.24) is 24.5 Å². The van der Waals surface area contributed by atoms with E-state index in [1.54, 1.807) is 11.5 Å². The van der Waals surface area contributed by atoms with Gasteiger partial charge in [0.15, 0.2) is 0 Å². The van der Waals surface area contributed by atoms with Crippen LogP contribution in [-0.4, -0.2) is 32.2 Å². The number of hydrogen-bond acceptors (Lipinski definition) is 5. The highest BCUT2D eigenvalue weighted by Gasteiger charge is 2.17. The lowest BCUT2D eigenvalue weighted by Crippen LogP contribution is -2.33. The fourth-order valence-electron chi connectivity index (χ4n) is 3.39. The van der Waals surface area contributed by atoms with Gasteiger partial charge in [-0.3, -0.25) is 18.6 Å². The number of ether oxygens (including phenoxy) is 1. The lowest BCUT2D eigenvalue weighted by Gasteiger charge is -2.13. The molecule has 4 aromatic rings. The molecule has 0 atom stereocenters. The fraction of sp³-hybridized carbons (Fsp3) is 0.238. The highest BCUT2D eigenvalue weighted by molar-refractivity contribution is 5.82. The van der Waals surface area contributed by atoms with Gasteiger partial charge in [-0.05, 0) is 29.8 Å². The fourth-order valence-corrected chi connectivity index (χ4v) is 3.39. The largest absolute Gasteiger partial charge is 0.497 e. The molecule has 0 aliphatic carbocycles. The number of benzene rings is 2. The van der Waals surface area contributed by atoms with Crippen LogP contribution in [0.4, 0.5) is 0 Å². The number of methoxy groups -OCH3 is 1. The number of hydrogen-bond donors (Lipinski definition) is 1. The number of aryl methyl sites for hydroxylation is 1. The van der Waals surface area contributed by atoms with E-state index in [1.807, 2.05) is 55.5 Å². The highest BCUT2D eigenvalue weighted by atomic mass is 16.5. The SMILES string of the molecule is CCc1nnc2c(=O)n(CC(=O)NCc3cccc(OC)c3)c3ccccc3n12. The molecule has 0 bridgehead atoms. The van der Waals surface area contributed by atoms with Crippen LogP contribution in [0.2, 0.25) is 0 Å². The van der Waals surface area contributed by atoms with Crippen LogP contribution in [0.5, 0.6) is 5.75 Å². The summed E-state index contributed by atoms with van der Waals surface area (Å²) in [6.07, 6.45) is 0.648. The van der Waals surface area contributed by atoms with E-state index in [0.29, 0.717) is 24.3 Å². The zero-order valence-electron chi connectivity index (χ0n) is 16.3. The van der Waals surface area contributed by atoms with Crippen LogP contribution in [0.25, 0.3) is 16.7 Å². The molecule has 0 aliphatic heterocycles. The number of fused-ring (bicyclic) bond motifs is 3. The topological polar surface area (TPSA) is 90.5 Å². The quantitative estimate of drug-likeness (QED) is 0.542. The molecule has 29 heavy (non-hydrogen) atoms. The Balaban J connectivity index is 1.65. The van der Waals surface area contributed by atoms with Crippen LogP contribution in [0.3, 0.4) is 0 Å². The smallest absolute Gasteiger partial charge is 0.297 e. The molecule has 0 fully saturated rings. The van der Waals surface area contributed by atoms with Crippen molar-refractivity contribution < 1.29 is 9.53 Å². The Kier molecular flexibility index (Phi) is 4.99. The normalized spacial score (nSPS) is 11.1. The van der Waals surface area contributed by atoms with Crippen molar-refractivity contribution >= 4 is 22.6 Å². The maximum absolute atomic E-state index is 13.0. The number of para-hydroxylation sites is 2. The second-order valence-electron chi connectivity index (χ2n) is 6.64. The summed E-state index contributed by atoms with van der Waals surface area (Å²) < 4.78 is 8.41. The van der Waals surface area contributed by atoms with Crippen LogP contribution in [0.1, 0.15) is 18.3 Å². The lowest BCUT2D eigenvalue weighted by atomic mass is 10.2. The van der Waals surface area contributed by atoms with Crippen LogP contribution < -0.4 is 15.6 Å². The van der Waals surface area contributed by atoms with Gasteiger partial charge in [0.25, 0.3) is 5.56 Å². The first-order valence-corrected chi connectivity index (χ1v) is 9.37. The molecule has 2 aromatic heterocycles. The third-order valence-corrected chi connectivity index (χ3v) is 4.82. The first-order chi connectivity index (χ1) is 14.1. The number of aromatic nitrogens is 4. The molecule has 0 spiro atoms. The minimum atomic E-state index is -0.340. The maximum atomic E-state index is 13.0. The van der Waals surface area contributed by atoms with E-state index < -0.39 is 0 Å². The Hall–Kier alpha value is -3.68. The van der Waals surface area contributed by atoms with Gasteiger partial charge in [-0.1, -0.05) is 31.2 Å². The van der Waals surface area contributed by atoms with Crippen molar-refractivity contribution in [3.8, 4) is 5.75 Å². The molecule has 1 N–H and O–H groups in total. The van der Waals surface area contributed by atoms with Crippen LogP contribution in [0.15, 0.2) is 53.3 Å². The molecular formula is C21H21N5O3. The van der Waals surface area contributed by atoms with Crippen LogP contribution in [0, 0.1) is 0 Å². The molecule has 2 heterocycles. The molecule has 8 nitrogen and oxygen atoms in total. The van der Waals surface area contributed by atoms with Crippen LogP contribution in [-0.2, 0) is 24.3 Å². The summed E-state index contributed by atoms with van der Waals surface area (Å²) in [5.41, 5.74) is 2.25. The van der Waals surface area contributed by atoms with Gasteiger partial charge in [-0.15, -0.1) is 10.2 Å². The number of rotatable bonds is 6. The summed E-state index contributed by atoms with van der Waals surface area (Å²) in [6.45, 7) is 2.20. The van der Waals surface area contributed by atoms with Gasteiger partial charge < -0.3 is 10.1 Å². The van der Waals surface area contributed by atoms with E-state index in [9.17, 15) is 9.59 Å². The Morgan fingerprint density at radius 2 is 1.90 bits per heavy atom. The van der Waals surface area contributed by atoms with E-state index >= 15 is 0 Å². The molecule has 4 rings (SSSR count). The zero-order chi connectivity index (χ0) is 20.4.